The van der Waals surface area contributed by atoms with E-state index in [1.54, 1.807) is 12.3 Å². The number of rotatable bonds is 2. The minimum absolute atomic E-state index is 0.0627. The average molecular weight is 335 g/mol. The van der Waals surface area contributed by atoms with Crippen LogP contribution in [0, 0.1) is 0 Å². The number of nitrogens with zero attached hydrogens (tertiary/aromatic N) is 5. The predicted molar refractivity (Wildman–Crippen MR) is 82.4 cm³/mol. The molecule has 0 aliphatic heterocycles. The van der Waals surface area contributed by atoms with Crippen LogP contribution in [0.3, 0.4) is 0 Å². The van der Waals surface area contributed by atoms with Crippen molar-refractivity contribution < 1.29 is 13.2 Å². The second kappa shape index (κ2) is 5.54. The maximum atomic E-state index is 13.1. The summed E-state index contributed by atoms with van der Waals surface area (Å²) in [6.07, 6.45) is -2.87. The molecule has 0 amide bonds. The van der Waals surface area contributed by atoms with Crippen LogP contribution >= 0.6 is 0 Å². The van der Waals surface area contributed by atoms with Gasteiger partial charge in [-0.25, -0.2) is 14.6 Å². The van der Waals surface area contributed by atoms with Gasteiger partial charge in [-0.2, -0.15) is 13.2 Å². The summed E-state index contributed by atoms with van der Waals surface area (Å²) in [5, 5.41) is 7.87. The van der Waals surface area contributed by atoms with Gasteiger partial charge in [0.25, 0.3) is 0 Å². The van der Waals surface area contributed by atoms with E-state index in [1.165, 1.54) is 16.8 Å². The summed E-state index contributed by atoms with van der Waals surface area (Å²) in [7, 11) is 0. The second-order valence-corrected chi connectivity index (χ2v) is 6.55. The van der Waals surface area contributed by atoms with Crippen LogP contribution < -0.4 is 0 Å². The molecule has 3 rings (SSSR count). The molecule has 0 aliphatic carbocycles. The van der Waals surface area contributed by atoms with E-state index < -0.39 is 11.7 Å². The molecule has 126 valence electrons. The number of halogens is 3. The van der Waals surface area contributed by atoms with Gasteiger partial charge in [-0.15, -0.1) is 5.10 Å². The molecule has 3 aromatic rings. The minimum atomic E-state index is -4.42. The molecule has 0 atom stereocenters. The van der Waals surface area contributed by atoms with Crippen LogP contribution in [0.25, 0.3) is 11.2 Å². The van der Waals surface area contributed by atoms with E-state index in [9.17, 15) is 13.2 Å². The highest BCUT2D eigenvalue weighted by Crippen LogP contribution is 2.32. The Bertz CT molecular complexity index is 877. The van der Waals surface area contributed by atoms with Crippen molar-refractivity contribution in [1.29, 1.82) is 0 Å². The molecule has 8 heteroatoms. The summed E-state index contributed by atoms with van der Waals surface area (Å²) >= 11 is 0. The molecule has 1 aromatic carbocycles. The van der Waals surface area contributed by atoms with Gasteiger partial charge in [-0.3, -0.25) is 0 Å². The molecule has 0 bridgehead atoms. The second-order valence-electron chi connectivity index (χ2n) is 6.55. The third kappa shape index (κ3) is 3.08. The van der Waals surface area contributed by atoms with Gasteiger partial charge >= 0.3 is 6.18 Å². The quantitative estimate of drug-likeness (QED) is 0.718. The standard InChI is InChI=1S/C16H16F3N5/c1-15(2,3)14-20-8-12-13(21-14)24(23-22-12)9-10-6-4-5-7-11(10)16(17,18)19/h4-8H,9H2,1-3H3. The first-order valence-corrected chi connectivity index (χ1v) is 7.38. The zero-order valence-corrected chi connectivity index (χ0v) is 13.5. The highest BCUT2D eigenvalue weighted by Gasteiger charge is 2.33. The number of aromatic nitrogens is 5. The van der Waals surface area contributed by atoms with E-state index in [2.05, 4.69) is 20.3 Å². The fraction of sp³-hybridized carbons (Fsp3) is 0.375. The molecule has 0 unspecified atom stereocenters. The van der Waals surface area contributed by atoms with Crippen molar-refractivity contribution in [3.63, 3.8) is 0 Å². The summed E-state index contributed by atoms with van der Waals surface area (Å²) in [5.41, 5.74) is 0.0264. The number of fused-ring (bicyclic) bond motifs is 1. The van der Waals surface area contributed by atoms with Gasteiger partial charge in [0.2, 0.25) is 0 Å². The van der Waals surface area contributed by atoms with Gasteiger partial charge in [-0.05, 0) is 11.6 Å². The van der Waals surface area contributed by atoms with Gasteiger partial charge in [0.05, 0.1) is 18.3 Å². The van der Waals surface area contributed by atoms with Crippen molar-refractivity contribution in [1.82, 2.24) is 25.0 Å². The summed E-state index contributed by atoms with van der Waals surface area (Å²) < 4.78 is 40.8. The molecule has 0 saturated heterocycles. The van der Waals surface area contributed by atoms with Crippen LogP contribution in [-0.4, -0.2) is 25.0 Å². The molecule has 0 N–H and O–H groups in total. The molecule has 0 radical (unpaired) electrons. The first-order valence-electron chi connectivity index (χ1n) is 7.38. The molecule has 0 spiro atoms. The largest absolute Gasteiger partial charge is 0.416 e. The van der Waals surface area contributed by atoms with E-state index in [-0.39, 0.29) is 17.5 Å². The first kappa shape index (κ1) is 16.4. The Morgan fingerprint density at radius 1 is 1.08 bits per heavy atom. The van der Waals surface area contributed by atoms with E-state index in [4.69, 9.17) is 0 Å². The molecule has 0 aliphatic rings. The van der Waals surface area contributed by atoms with Crippen LogP contribution in [0.1, 0.15) is 37.7 Å². The van der Waals surface area contributed by atoms with Crippen molar-refractivity contribution >= 4 is 11.2 Å². The molecule has 0 saturated carbocycles. The zero-order valence-electron chi connectivity index (χ0n) is 13.5. The smallest absolute Gasteiger partial charge is 0.238 e. The number of hydrogen-bond acceptors (Lipinski definition) is 4. The highest BCUT2D eigenvalue weighted by atomic mass is 19.4. The van der Waals surface area contributed by atoms with Gasteiger partial charge < -0.3 is 0 Å². The molecular formula is C16H16F3N5. The van der Waals surface area contributed by atoms with E-state index in [0.717, 1.165) is 6.07 Å². The normalized spacial score (nSPS) is 12.8. The van der Waals surface area contributed by atoms with Crippen molar-refractivity contribution in [3.05, 3.63) is 47.4 Å². The third-order valence-corrected chi connectivity index (χ3v) is 3.57. The van der Waals surface area contributed by atoms with Crippen molar-refractivity contribution in [2.24, 2.45) is 0 Å². The lowest BCUT2D eigenvalue weighted by Crippen LogP contribution is -2.17. The fourth-order valence-electron chi connectivity index (χ4n) is 2.34. The SMILES string of the molecule is CC(C)(C)c1ncc2nnn(Cc3ccccc3C(F)(F)F)c2n1. The Morgan fingerprint density at radius 2 is 1.79 bits per heavy atom. The van der Waals surface area contributed by atoms with Crippen LogP contribution in [-0.2, 0) is 18.1 Å². The topological polar surface area (TPSA) is 56.5 Å². The van der Waals surface area contributed by atoms with Crippen LogP contribution in [0.2, 0.25) is 0 Å². The zero-order chi connectivity index (χ0) is 17.5. The summed E-state index contributed by atoms with van der Waals surface area (Å²) in [5.74, 6) is 0.586. The first-order chi connectivity index (χ1) is 11.2. The number of hydrogen-bond donors (Lipinski definition) is 0. The van der Waals surface area contributed by atoms with E-state index >= 15 is 0 Å². The van der Waals surface area contributed by atoms with Gasteiger partial charge in [-0.1, -0.05) is 44.2 Å². The summed E-state index contributed by atoms with van der Waals surface area (Å²) in [6, 6.07) is 5.43. The summed E-state index contributed by atoms with van der Waals surface area (Å²) in [4.78, 5) is 8.69. The molecule has 2 aromatic heterocycles. The van der Waals surface area contributed by atoms with Gasteiger partial charge in [0.1, 0.15) is 5.82 Å². The Hall–Kier alpha value is -2.51. The third-order valence-electron chi connectivity index (χ3n) is 3.57. The van der Waals surface area contributed by atoms with Crippen LogP contribution in [0.4, 0.5) is 13.2 Å². The van der Waals surface area contributed by atoms with Gasteiger partial charge in [0, 0.05) is 5.41 Å². The number of alkyl halides is 3. The fourth-order valence-corrected chi connectivity index (χ4v) is 2.34. The Labute approximate surface area is 136 Å². The molecule has 24 heavy (non-hydrogen) atoms. The van der Waals surface area contributed by atoms with Crippen molar-refractivity contribution in [2.45, 2.75) is 38.9 Å². The number of benzene rings is 1. The Balaban J connectivity index is 2.06. The van der Waals surface area contributed by atoms with Crippen molar-refractivity contribution in [3.8, 4) is 0 Å². The lowest BCUT2D eigenvalue weighted by atomic mass is 9.96. The molecule has 2 heterocycles. The minimum Gasteiger partial charge on any atom is -0.238 e. The molecule has 5 nitrogen and oxygen atoms in total. The Kier molecular flexibility index (Phi) is 3.77. The average Bonchev–Trinajstić information content (AvgIpc) is 2.88. The predicted octanol–water partition coefficient (Wildman–Crippen LogP) is 3.59. The maximum absolute atomic E-state index is 13.1. The maximum Gasteiger partial charge on any atom is 0.416 e. The van der Waals surface area contributed by atoms with Crippen LogP contribution in [0.15, 0.2) is 30.5 Å². The lowest BCUT2D eigenvalue weighted by Gasteiger charge is -2.16. The van der Waals surface area contributed by atoms with Gasteiger partial charge in [0.15, 0.2) is 11.2 Å². The Morgan fingerprint density at radius 3 is 2.46 bits per heavy atom. The van der Waals surface area contributed by atoms with Crippen molar-refractivity contribution in [2.75, 3.05) is 0 Å². The lowest BCUT2D eigenvalue weighted by molar-refractivity contribution is -0.138. The molecule has 0 fully saturated rings. The molecular weight excluding hydrogens is 319 g/mol. The van der Waals surface area contributed by atoms with Crippen LogP contribution in [0.5, 0.6) is 0 Å². The monoisotopic (exact) mass is 335 g/mol. The van der Waals surface area contributed by atoms with E-state index in [0.29, 0.717) is 17.0 Å². The highest BCUT2D eigenvalue weighted by molar-refractivity contribution is 5.68. The summed E-state index contributed by atoms with van der Waals surface area (Å²) in [6.45, 7) is 5.82. The van der Waals surface area contributed by atoms with E-state index in [1.807, 2.05) is 20.8 Å².